The Balaban J connectivity index is 1.45. The second-order valence-electron chi connectivity index (χ2n) is 13.7. The topological polar surface area (TPSA) is 176 Å². The molecule has 0 aromatic heterocycles. The molecule has 242 valence electrons. The van der Waals surface area contributed by atoms with Crippen LogP contribution in [0.4, 0.5) is 5.69 Å². The Labute approximate surface area is 269 Å². The molecule has 5 rings (SSSR count). The number of amides is 2. The van der Waals surface area contributed by atoms with Crippen molar-refractivity contribution in [2.24, 2.45) is 34.3 Å². The van der Waals surface area contributed by atoms with Gasteiger partial charge in [-0.05, 0) is 86.3 Å². The first-order valence-electron chi connectivity index (χ1n) is 15.9. The third-order valence-corrected chi connectivity index (χ3v) is 11.6. The summed E-state index contributed by atoms with van der Waals surface area (Å²) in [6, 6.07) is 7.08. The first kappa shape index (κ1) is 33.1. The highest BCUT2D eigenvalue weighted by atomic mass is 32.1. The number of ether oxygens (including phenoxy) is 1. The molecule has 0 heterocycles. The van der Waals surface area contributed by atoms with E-state index in [9.17, 15) is 24.3 Å². The molecule has 1 aromatic rings. The molecule has 3 fully saturated rings. The molecule has 4 aliphatic carbocycles. The van der Waals surface area contributed by atoms with Gasteiger partial charge in [-0.1, -0.05) is 32.4 Å². The summed E-state index contributed by atoms with van der Waals surface area (Å²) in [5.41, 5.74) is 6.83. The molecule has 0 bridgehead atoms. The van der Waals surface area contributed by atoms with Gasteiger partial charge >= 0.3 is 5.97 Å². The van der Waals surface area contributed by atoms with E-state index >= 15 is 0 Å². The molecular formula is C34H45N4O6S+. The highest BCUT2D eigenvalue weighted by molar-refractivity contribution is 7.96. The predicted octanol–water partition coefficient (Wildman–Crippen LogP) is 3.08. The van der Waals surface area contributed by atoms with Gasteiger partial charge in [0.15, 0.2) is 5.60 Å². The number of benzene rings is 1. The van der Waals surface area contributed by atoms with Gasteiger partial charge in [0.05, 0.1) is 12.6 Å². The van der Waals surface area contributed by atoms with Crippen molar-refractivity contribution in [2.75, 3.05) is 6.54 Å². The number of rotatable bonds is 9. The van der Waals surface area contributed by atoms with E-state index in [0.29, 0.717) is 24.8 Å². The first-order valence-corrected chi connectivity index (χ1v) is 16.3. The maximum atomic E-state index is 13.1. The number of fused-ring (bicyclic) bond motifs is 5. The smallest absolute Gasteiger partial charge is 0.306 e. The quantitative estimate of drug-likeness (QED) is 0.105. The summed E-state index contributed by atoms with van der Waals surface area (Å²) < 4.78 is 5.95. The van der Waals surface area contributed by atoms with E-state index in [1.165, 1.54) is 11.8 Å². The van der Waals surface area contributed by atoms with Crippen LogP contribution >= 0.6 is 12.6 Å². The number of primary amides is 1. The zero-order valence-corrected chi connectivity index (χ0v) is 27.1. The highest BCUT2D eigenvalue weighted by Crippen LogP contribution is 2.68. The maximum absolute atomic E-state index is 13.1. The van der Waals surface area contributed by atoms with Crippen LogP contribution in [0.1, 0.15) is 82.5 Å². The van der Waals surface area contributed by atoms with Crippen LogP contribution < -0.4 is 16.4 Å². The molecule has 0 radical (unpaired) electrons. The number of nitrogens with one attached hydrogen (secondary N) is 2. The molecule has 0 spiro atoms. The average Bonchev–Trinajstić information content (AvgIpc) is 3.19. The van der Waals surface area contributed by atoms with Crippen LogP contribution in [-0.2, 0) is 19.1 Å². The lowest BCUT2D eigenvalue weighted by Gasteiger charge is -2.57. The second kappa shape index (κ2) is 12.5. The number of allylic oxidation sites excluding steroid dienone is 3. The van der Waals surface area contributed by atoms with Crippen molar-refractivity contribution in [2.45, 2.75) is 83.8 Å². The average molecular weight is 638 g/mol. The van der Waals surface area contributed by atoms with Crippen molar-refractivity contribution in [1.82, 2.24) is 5.32 Å². The lowest BCUT2D eigenvalue weighted by Crippen LogP contribution is -2.76. The van der Waals surface area contributed by atoms with Crippen molar-refractivity contribution in [3.8, 4) is 0 Å². The van der Waals surface area contributed by atoms with Crippen molar-refractivity contribution >= 4 is 47.4 Å². The molecule has 11 heteroatoms. The van der Waals surface area contributed by atoms with Gasteiger partial charge in [-0.25, -0.2) is 0 Å². The van der Waals surface area contributed by atoms with Gasteiger partial charge in [0.1, 0.15) is 11.4 Å². The molecule has 45 heavy (non-hydrogen) atoms. The number of carbonyl (C=O) groups is 4. The van der Waals surface area contributed by atoms with Crippen molar-refractivity contribution in [3.63, 3.8) is 0 Å². The fraction of sp³-hybridized carbons (Fsp3) is 0.559. The fourth-order valence-electron chi connectivity index (χ4n) is 9.23. The minimum Gasteiger partial charge on any atom is -0.449 e. The zero-order chi connectivity index (χ0) is 32.7. The summed E-state index contributed by atoms with van der Waals surface area (Å²) in [5, 5.41) is 24.4. The molecule has 10 nitrogen and oxygen atoms in total. The van der Waals surface area contributed by atoms with E-state index in [2.05, 4.69) is 30.9 Å². The summed E-state index contributed by atoms with van der Waals surface area (Å²) in [7, 11) is 0. The molecule has 4 aliphatic rings. The number of hydrogen-bond donors (Lipinski definition) is 6. The van der Waals surface area contributed by atoms with Gasteiger partial charge in [-0.3, -0.25) is 24.5 Å². The van der Waals surface area contributed by atoms with Crippen LogP contribution in [0, 0.1) is 34.0 Å². The van der Waals surface area contributed by atoms with Crippen molar-refractivity contribution in [1.29, 1.82) is 5.41 Å². The number of esters is 1. The monoisotopic (exact) mass is 637 g/mol. The predicted molar refractivity (Wildman–Crippen MR) is 172 cm³/mol. The van der Waals surface area contributed by atoms with Gasteiger partial charge in [0.2, 0.25) is 11.0 Å². The first-order chi connectivity index (χ1) is 21.3. The van der Waals surface area contributed by atoms with Crippen LogP contribution in [0.3, 0.4) is 0 Å². The number of hydrogen-bond acceptors (Lipinski definition) is 7. The van der Waals surface area contributed by atoms with E-state index in [1.54, 1.807) is 25.1 Å². The van der Waals surface area contributed by atoms with Gasteiger partial charge in [0.25, 0.3) is 5.91 Å². The molecule has 7 atom stereocenters. The van der Waals surface area contributed by atoms with Crippen LogP contribution in [0.2, 0.25) is 0 Å². The van der Waals surface area contributed by atoms with Crippen LogP contribution in [0.5, 0.6) is 0 Å². The molecule has 0 saturated heterocycles. The van der Waals surface area contributed by atoms with Gasteiger partial charge in [0, 0.05) is 35.3 Å². The summed E-state index contributed by atoms with van der Waals surface area (Å²) in [6.45, 7) is 5.68. The van der Waals surface area contributed by atoms with Crippen molar-refractivity contribution in [3.05, 3.63) is 52.7 Å². The molecule has 0 aliphatic heterocycles. The highest BCUT2D eigenvalue weighted by Gasteiger charge is 2.69. The molecule has 7 N–H and O–H groups in total. The Hall–Kier alpha value is -3.28. The molecule has 7 unspecified atom stereocenters. The molecular weight excluding hydrogens is 592 g/mol. The second-order valence-corrected chi connectivity index (χ2v) is 14.1. The van der Waals surface area contributed by atoms with Crippen LogP contribution in [-0.4, -0.2) is 52.5 Å². The number of quaternary nitrogens is 1. The Bertz CT molecular complexity index is 1490. The Kier molecular flexibility index (Phi) is 9.19. The van der Waals surface area contributed by atoms with E-state index in [1.807, 2.05) is 18.3 Å². The molecule has 3 saturated carbocycles. The summed E-state index contributed by atoms with van der Waals surface area (Å²) in [5.74, 6) is -1.35. The zero-order valence-electron chi connectivity index (χ0n) is 26.2. The Morgan fingerprint density at radius 2 is 2.00 bits per heavy atom. The third-order valence-electron chi connectivity index (χ3n) is 11.3. The maximum Gasteiger partial charge on any atom is 0.306 e. The molecule has 2 amide bonds. The normalized spacial score (nSPS) is 33.9. The fourth-order valence-corrected chi connectivity index (χ4v) is 9.64. The summed E-state index contributed by atoms with van der Waals surface area (Å²) >= 11 is 4.25. The van der Waals surface area contributed by atoms with Crippen LogP contribution in [0.25, 0.3) is 0 Å². The SMILES string of the molecule is CCC(=O)OC1(C(=O)S)CCC2C3CCCC4=CC([NH2+]c5cccc(C(=O)NCC(N)=O)c5)=C(C=N)CC4(C)C3C(O)CC21C. The lowest BCUT2D eigenvalue weighted by molar-refractivity contribution is -0.513. The van der Waals surface area contributed by atoms with Gasteiger partial charge in [-0.15, -0.1) is 12.6 Å². The Morgan fingerprint density at radius 3 is 2.67 bits per heavy atom. The van der Waals surface area contributed by atoms with E-state index in [4.69, 9.17) is 15.9 Å². The van der Waals surface area contributed by atoms with Gasteiger partial charge in [-0.2, -0.15) is 0 Å². The Morgan fingerprint density at radius 1 is 1.24 bits per heavy atom. The lowest BCUT2D eigenvalue weighted by atomic mass is 9.49. The minimum absolute atomic E-state index is 0.0756. The van der Waals surface area contributed by atoms with Gasteiger partial charge < -0.3 is 26.3 Å². The molecule has 1 aromatic carbocycles. The number of nitrogens with two attached hydrogens (primary N) is 2. The number of aliphatic hydroxyl groups excluding tert-OH is 1. The summed E-state index contributed by atoms with van der Waals surface area (Å²) in [4.78, 5) is 49.3. The standard InChI is InChI=1S/C34H44N4O6S/c1-4-28(41)44-34(31(43)45)12-11-24-23-10-6-8-21-14-25(38-22-9-5-7-19(13-22)30(42)37-18-27(36)40)20(17-35)15-32(21,2)29(23)26(39)16-33(24,34)3/h5,7,9,13-14,17,23-24,26,29,35,38-39H,4,6,8,10-12,15-16,18H2,1-3H3,(H2,36,40)(H,37,42)(H,43,45)/p+1. The van der Waals surface area contributed by atoms with E-state index in [0.717, 1.165) is 42.6 Å². The number of aliphatic hydroxyl groups is 1. The van der Waals surface area contributed by atoms with E-state index in [-0.39, 0.29) is 30.7 Å². The number of thiol groups is 1. The third kappa shape index (κ3) is 5.67. The van der Waals surface area contributed by atoms with E-state index < -0.39 is 45.4 Å². The summed E-state index contributed by atoms with van der Waals surface area (Å²) in [6.07, 6.45) is 7.66. The minimum atomic E-state index is -1.36. The number of carbonyl (C=O) groups excluding carboxylic acids is 4. The van der Waals surface area contributed by atoms with Crippen LogP contribution in [0.15, 0.2) is 47.2 Å². The largest absolute Gasteiger partial charge is 0.449 e. The van der Waals surface area contributed by atoms with Crippen molar-refractivity contribution < 1.29 is 34.3 Å².